The zero-order valence-electron chi connectivity index (χ0n) is 10.8. The summed E-state index contributed by atoms with van der Waals surface area (Å²) in [4.78, 5) is 21.2. The lowest BCUT2D eigenvalue weighted by molar-refractivity contribution is -0.141. The molecule has 0 spiro atoms. The van der Waals surface area contributed by atoms with Crippen LogP contribution < -0.4 is 4.72 Å². The van der Waals surface area contributed by atoms with E-state index in [0.29, 0.717) is 0 Å². The van der Waals surface area contributed by atoms with Crippen molar-refractivity contribution in [1.29, 1.82) is 0 Å². The summed E-state index contributed by atoms with van der Waals surface area (Å²) >= 11 is 0. The van der Waals surface area contributed by atoms with Gasteiger partial charge in [0.25, 0.3) is 0 Å². The molecule has 0 aliphatic carbocycles. The largest absolute Gasteiger partial charge is 0.481 e. The first-order valence-corrected chi connectivity index (χ1v) is 7.14. The van der Waals surface area contributed by atoms with Gasteiger partial charge in [-0.15, -0.1) is 0 Å². The molecule has 0 saturated carbocycles. The van der Waals surface area contributed by atoms with Gasteiger partial charge in [0, 0.05) is 19.2 Å². The Labute approximate surface area is 115 Å². The summed E-state index contributed by atoms with van der Waals surface area (Å²) in [6.45, 7) is -0.179. The maximum absolute atomic E-state index is 11.8. The molecule has 1 aromatic rings. The molecule has 0 bridgehead atoms. The third-order valence-electron chi connectivity index (χ3n) is 2.30. The summed E-state index contributed by atoms with van der Waals surface area (Å²) in [5.41, 5.74) is 0. The Hall–Kier alpha value is -1.94. The Morgan fingerprint density at radius 2 is 2.20 bits per heavy atom. The molecule has 2 N–H and O–H groups in total. The number of ether oxygens (including phenoxy) is 1. The van der Waals surface area contributed by atoms with Gasteiger partial charge in [-0.1, -0.05) is 0 Å². The van der Waals surface area contributed by atoms with Gasteiger partial charge in [0.1, 0.15) is 11.4 Å². The van der Waals surface area contributed by atoms with Crippen LogP contribution in [0.4, 0.5) is 0 Å². The second-order valence-corrected chi connectivity index (χ2v) is 5.61. The van der Waals surface area contributed by atoms with Crippen LogP contribution in [0.25, 0.3) is 0 Å². The second-order valence-electron chi connectivity index (χ2n) is 3.84. The van der Waals surface area contributed by atoms with Crippen LogP contribution >= 0.6 is 0 Å². The minimum Gasteiger partial charge on any atom is -0.481 e. The number of methoxy groups -OCH3 is 1. The van der Waals surface area contributed by atoms with E-state index in [1.54, 1.807) is 0 Å². The predicted molar refractivity (Wildman–Crippen MR) is 66.3 cm³/mol. The summed E-state index contributed by atoms with van der Waals surface area (Å²) in [5.74, 6) is -1.54. The SMILES string of the molecule is COC(=O)Cn1cc(S(=O)(=O)NCCCC(=O)O)cn1. The van der Waals surface area contributed by atoms with Crippen LogP contribution in [-0.4, -0.2) is 48.9 Å². The number of aliphatic carboxylic acids is 1. The molecule has 0 aliphatic rings. The molecule has 0 aromatic carbocycles. The second kappa shape index (κ2) is 7.01. The van der Waals surface area contributed by atoms with E-state index in [9.17, 15) is 18.0 Å². The number of carbonyl (C=O) groups excluding carboxylic acids is 1. The molecule has 10 heteroatoms. The molecule has 0 fully saturated rings. The van der Waals surface area contributed by atoms with Gasteiger partial charge in [0.2, 0.25) is 10.0 Å². The van der Waals surface area contributed by atoms with Crippen molar-refractivity contribution in [3.8, 4) is 0 Å². The van der Waals surface area contributed by atoms with Crippen LogP contribution in [0.2, 0.25) is 0 Å². The smallest absolute Gasteiger partial charge is 0.327 e. The summed E-state index contributed by atoms with van der Waals surface area (Å²) < 4.78 is 31.5. The topological polar surface area (TPSA) is 128 Å². The molecule has 1 heterocycles. The molecular formula is C10H15N3O6S. The molecule has 0 radical (unpaired) electrons. The number of esters is 1. The highest BCUT2D eigenvalue weighted by Crippen LogP contribution is 2.07. The fourth-order valence-corrected chi connectivity index (χ4v) is 2.32. The van der Waals surface area contributed by atoms with Gasteiger partial charge in [-0.25, -0.2) is 13.1 Å². The van der Waals surface area contributed by atoms with Gasteiger partial charge in [-0.2, -0.15) is 5.10 Å². The Kier molecular flexibility index (Phi) is 5.65. The number of sulfonamides is 1. The van der Waals surface area contributed by atoms with E-state index in [2.05, 4.69) is 14.6 Å². The van der Waals surface area contributed by atoms with Crippen molar-refractivity contribution in [3.05, 3.63) is 12.4 Å². The van der Waals surface area contributed by atoms with Crippen LogP contribution in [0.5, 0.6) is 0 Å². The fraction of sp³-hybridized carbons (Fsp3) is 0.500. The van der Waals surface area contributed by atoms with Crippen LogP contribution in [0.15, 0.2) is 17.3 Å². The highest BCUT2D eigenvalue weighted by Gasteiger charge is 2.16. The maximum atomic E-state index is 11.8. The maximum Gasteiger partial charge on any atom is 0.327 e. The number of hydrogen-bond acceptors (Lipinski definition) is 6. The molecular weight excluding hydrogens is 290 g/mol. The third-order valence-corrected chi connectivity index (χ3v) is 3.71. The van der Waals surface area contributed by atoms with E-state index in [0.717, 1.165) is 10.9 Å². The van der Waals surface area contributed by atoms with Gasteiger partial charge < -0.3 is 9.84 Å². The van der Waals surface area contributed by atoms with Crippen molar-refractivity contribution in [2.45, 2.75) is 24.3 Å². The van der Waals surface area contributed by atoms with Crippen molar-refractivity contribution in [2.24, 2.45) is 0 Å². The third kappa shape index (κ3) is 4.97. The molecule has 112 valence electrons. The van der Waals surface area contributed by atoms with Gasteiger partial charge in [0.15, 0.2) is 0 Å². The zero-order valence-corrected chi connectivity index (χ0v) is 11.6. The van der Waals surface area contributed by atoms with E-state index in [1.807, 2.05) is 0 Å². The van der Waals surface area contributed by atoms with Gasteiger partial charge in [-0.05, 0) is 6.42 Å². The molecule has 1 aromatic heterocycles. The minimum atomic E-state index is -3.76. The average Bonchev–Trinajstić information content (AvgIpc) is 2.83. The van der Waals surface area contributed by atoms with Crippen LogP contribution in [-0.2, 0) is 30.9 Å². The molecule has 1 rings (SSSR count). The van der Waals surface area contributed by atoms with E-state index in [4.69, 9.17) is 5.11 Å². The quantitative estimate of drug-likeness (QED) is 0.475. The summed E-state index contributed by atoms with van der Waals surface area (Å²) in [6, 6.07) is 0. The lowest BCUT2D eigenvalue weighted by Crippen LogP contribution is -2.25. The highest BCUT2D eigenvalue weighted by atomic mass is 32.2. The molecule has 20 heavy (non-hydrogen) atoms. The standard InChI is InChI=1S/C10H15N3O6S/c1-19-10(16)7-13-6-8(5-11-13)20(17,18)12-4-2-3-9(14)15/h5-6,12H,2-4,7H2,1H3,(H,14,15). The van der Waals surface area contributed by atoms with E-state index < -0.39 is 22.0 Å². The minimum absolute atomic E-state index is 0.0107. The van der Waals surface area contributed by atoms with E-state index in [-0.39, 0.29) is 30.8 Å². The molecule has 0 unspecified atom stereocenters. The van der Waals surface area contributed by atoms with Crippen LogP contribution in [0.1, 0.15) is 12.8 Å². The summed E-state index contributed by atoms with van der Waals surface area (Å²) in [5, 5.41) is 12.2. The number of rotatable bonds is 8. The van der Waals surface area contributed by atoms with Crippen molar-refractivity contribution in [1.82, 2.24) is 14.5 Å². The first-order chi connectivity index (χ1) is 9.35. The van der Waals surface area contributed by atoms with Gasteiger partial charge in [0.05, 0.1) is 13.3 Å². The Morgan fingerprint density at radius 1 is 1.50 bits per heavy atom. The lowest BCUT2D eigenvalue weighted by Gasteiger charge is -2.03. The average molecular weight is 305 g/mol. The molecule has 0 amide bonds. The first kappa shape index (κ1) is 16.1. The Morgan fingerprint density at radius 3 is 2.80 bits per heavy atom. The number of hydrogen-bond donors (Lipinski definition) is 2. The predicted octanol–water partition coefficient (Wildman–Crippen LogP) is -0.801. The normalized spacial score (nSPS) is 11.2. The molecule has 0 aliphatic heterocycles. The summed E-state index contributed by atoms with van der Waals surface area (Å²) in [6.07, 6.45) is 2.36. The number of nitrogens with zero attached hydrogens (tertiary/aromatic N) is 2. The van der Waals surface area contributed by atoms with Crippen molar-refractivity contribution in [2.75, 3.05) is 13.7 Å². The Bertz CT molecular complexity index is 580. The molecule has 9 nitrogen and oxygen atoms in total. The number of nitrogens with one attached hydrogen (secondary N) is 1. The highest BCUT2D eigenvalue weighted by molar-refractivity contribution is 7.89. The fourth-order valence-electron chi connectivity index (χ4n) is 1.30. The van der Waals surface area contributed by atoms with E-state index >= 15 is 0 Å². The lowest BCUT2D eigenvalue weighted by atomic mass is 10.3. The number of aromatic nitrogens is 2. The number of carboxylic acids is 1. The molecule has 0 saturated heterocycles. The van der Waals surface area contributed by atoms with Crippen LogP contribution in [0.3, 0.4) is 0 Å². The summed E-state index contributed by atoms with van der Waals surface area (Å²) in [7, 11) is -2.54. The van der Waals surface area contributed by atoms with Crippen molar-refractivity contribution in [3.63, 3.8) is 0 Å². The first-order valence-electron chi connectivity index (χ1n) is 5.66. The van der Waals surface area contributed by atoms with Crippen molar-refractivity contribution >= 4 is 22.0 Å². The zero-order chi connectivity index (χ0) is 15.2. The monoisotopic (exact) mass is 305 g/mol. The van der Waals surface area contributed by atoms with E-state index in [1.165, 1.54) is 13.3 Å². The Balaban J connectivity index is 2.59. The van der Waals surface area contributed by atoms with Crippen molar-refractivity contribution < 1.29 is 27.9 Å². The molecule has 0 atom stereocenters. The van der Waals surface area contributed by atoms with Gasteiger partial charge >= 0.3 is 11.9 Å². The van der Waals surface area contributed by atoms with Gasteiger partial charge in [-0.3, -0.25) is 14.3 Å². The number of carbonyl (C=O) groups is 2. The number of carboxylic acid groups (broad SMARTS) is 1. The van der Waals surface area contributed by atoms with Crippen LogP contribution in [0, 0.1) is 0 Å².